The van der Waals surface area contributed by atoms with Crippen LogP contribution in [-0.2, 0) is 0 Å². The summed E-state index contributed by atoms with van der Waals surface area (Å²) in [5, 5.41) is 9.09. The highest BCUT2D eigenvalue weighted by atomic mass is 35.5. The Bertz CT molecular complexity index is 883. The van der Waals surface area contributed by atoms with Crippen molar-refractivity contribution in [3.05, 3.63) is 59.4 Å². The molecule has 2 aromatic rings. The number of halogens is 1. The van der Waals surface area contributed by atoms with Crippen LogP contribution in [0.4, 0.5) is 10.5 Å². The predicted octanol–water partition coefficient (Wildman–Crippen LogP) is 3.52. The second-order valence-electron chi connectivity index (χ2n) is 8.36. The largest absolute Gasteiger partial charge is 0.333 e. The third-order valence-corrected chi connectivity index (χ3v) is 4.79. The molecule has 30 heavy (non-hydrogen) atoms. The SMILES string of the molecule is Cc1ccc(C(=O)N2CCNCC2c2cccnc2)cc1NC(=O)NC(C)(C)C.Cl. The van der Waals surface area contributed by atoms with Gasteiger partial charge in [0.1, 0.15) is 0 Å². The number of aromatic nitrogens is 1. The van der Waals surface area contributed by atoms with E-state index in [1.165, 1.54) is 0 Å². The van der Waals surface area contributed by atoms with Crippen LogP contribution in [0.3, 0.4) is 0 Å². The first-order valence-electron chi connectivity index (χ1n) is 9.86. The van der Waals surface area contributed by atoms with Crippen LogP contribution in [0.5, 0.6) is 0 Å². The fourth-order valence-corrected chi connectivity index (χ4v) is 3.37. The van der Waals surface area contributed by atoms with E-state index in [1.807, 2.05) is 56.9 Å². The molecule has 8 heteroatoms. The van der Waals surface area contributed by atoms with Gasteiger partial charge in [-0.1, -0.05) is 12.1 Å². The van der Waals surface area contributed by atoms with Crippen molar-refractivity contribution in [3.63, 3.8) is 0 Å². The zero-order chi connectivity index (χ0) is 21.0. The summed E-state index contributed by atoms with van der Waals surface area (Å²) in [6.07, 6.45) is 3.53. The van der Waals surface area contributed by atoms with E-state index in [1.54, 1.807) is 18.5 Å². The average Bonchev–Trinajstić information content (AvgIpc) is 2.68. The molecule has 0 saturated carbocycles. The number of urea groups is 1. The van der Waals surface area contributed by atoms with Crippen LogP contribution < -0.4 is 16.0 Å². The molecular weight excluding hydrogens is 402 g/mol. The molecule has 1 fully saturated rings. The van der Waals surface area contributed by atoms with Gasteiger partial charge in [-0.05, 0) is 57.0 Å². The first kappa shape index (κ1) is 23.6. The number of carbonyl (C=O) groups excluding carboxylic acids is 2. The van der Waals surface area contributed by atoms with Gasteiger partial charge in [-0.3, -0.25) is 9.78 Å². The van der Waals surface area contributed by atoms with E-state index in [2.05, 4.69) is 20.9 Å². The number of hydrogen-bond donors (Lipinski definition) is 3. The molecule has 162 valence electrons. The van der Waals surface area contributed by atoms with Crippen molar-refractivity contribution in [2.75, 3.05) is 25.0 Å². The Hall–Kier alpha value is -2.64. The molecule has 1 saturated heterocycles. The number of amides is 3. The lowest BCUT2D eigenvalue weighted by Crippen LogP contribution is -2.48. The zero-order valence-electron chi connectivity index (χ0n) is 17.9. The summed E-state index contributed by atoms with van der Waals surface area (Å²) >= 11 is 0. The van der Waals surface area contributed by atoms with E-state index in [0.29, 0.717) is 24.3 Å². The normalized spacial score (nSPS) is 16.4. The van der Waals surface area contributed by atoms with Gasteiger partial charge < -0.3 is 20.9 Å². The maximum absolute atomic E-state index is 13.3. The van der Waals surface area contributed by atoms with Crippen LogP contribution in [0.1, 0.15) is 48.3 Å². The number of pyridine rings is 1. The molecule has 1 aromatic carbocycles. The lowest BCUT2D eigenvalue weighted by molar-refractivity contribution is 0.0634. The van der Waals surface area contributed by atoms with Crippen LogP contribution in [0.2, 0.25) is 0 Å². The number of piperazine rings is 1. The number of rotatable bonds is 3. The van der Waals surface area contributed by atoms with Crippen LogP contribution >= 0.6 is 12.4 Å². The minimum Gasteiger partial charge on any atom is -0.333 e. The van der Waals surface area contributed by atoms with E-state index in [-0.39, 0.29) is 35.9 Å². The highest BCUT2D eigenvalue weighted by molar-refractivity contribution is 5.97. The van der Waals surface area contributed by atoms with Crippen LogP contribution in [0, 0.1) is 6.92 Å². The zero-order valence-corrected chi connectivity index (χ0v) is 18.7. The number of hydrogen-bond acceptors (Lipinski definition) is 4. The molecule has 1 aliphatic heterocycles. The minimum absolute atomic E-state index is 0. The monoisotopic (exact) mass is 431 g/mol. The van der Waals surface area contributed by atoms with E-state index < -0.39 is 0 Å². The van der Waals surface area contributed by atoms with Gasteiger partial charge in [-0.25, -0.2) is 4.79 Å². The maximum atomic E-state index is 13.3. The molecule has 2 heterocycles. The van der Waals surface area contributed by atoms with E-state index in [9.17, 15) is 9.59 Å². The highest BCUT2D eigenvalue weighted by Gasteiger charge is 2.29. The standard InChI is InChI=1S/C22H29N5O2.ClH/c1-15-7-8-16(12-18(15)25-21(29)26-22(2,3)4)20(28)27-11-10-24-14-19(27)17-6-5-9-23-13-17;/h5-9,12-13,19,24H,10-11,14H2,1-4H3,(H2,25,26,29);1H. The number of benzene rings is 1. The Morgan fingerprint density at radius 1 is 1.23 bits per heavy atom. The van der Waals surface area contributed by atoms with Gasteiger partial charge in [-0.2, -0.15) is 0 Å². The lowest BCUT2D eigenvalue weighted by atomic mass is 10.0. The second kappa shape index (κ2) is 9.91. The third-order valence-electron chi connectivity index (χ3n) is 4.79. The van der Waals surface area contributed by atoms with Crippen molar-refractivity contribution in [1.82, 2.24) is 20.5 Å². The Morgan fingerprint density at radius 3 is 2.67 bits per heavy atom. The Balaban J connectivity index is 0.00000320. The highest BCUT2D eigenvalue weighted by Crippen LogP contribution is 2.25. The Morgan fingerprint density at radius 2 is 2.00 bits per heavy atom. The van der Waals surface area contributed by atoms with Crippen molar-refractivity contribution in [2.24, 2.45) is 0 Å². The van der Waals surface area contributed by atoms with Gasteiger partial charge >= 0.3 is 6.03 Å². The maximum Gasteiger partial charge on any atom is 0.319 e. The molecule has 3 N–H and O–H groups in total. The van der Waals surface area contributed by atoms with Crippen molar-refractivity contribution in [1.29, 1.82) is 0 Å². The summed E-state index contributed by atoms with van der Waals surface area (Å²) < 4.78 is 0. The predicted molar refractivity (Wildman–Crippen MR) is 121 cm³/mol. The molecular formula is C22H30ClN5O2. The lowest BCUT2D eigenvalue weighted by Gasteiger charge is -2.36. The average molecular weight is 432 g/mol. The molecule has 0 spiro atoms. The molecule has 0 bridgehead atoms. The number of nitrogens with zero attached hydrogens (tertiary/aromatic N) is 2. The van der Waals surface area contributed by atoms with Gasteiger partial charge in [0.05, 0.1) is 6.04 Å². The smallest absolute Gasteiger partial charge is 0.319 e. The first-order chi connectivity index (χ1) is 13.7. The molecule has 1 aliphatic rings. The Labute approximate surface area is 184 Å². The number of nitrogens with one attached hydrogen (secondary N) is 3. The van der Waals surface area contributed by atoms with Crippen LogP contribution in [0.15, 0.2) is 42.7 Å². The van der Waals surface area contributed by atoms with Crippen LogP contribution in [-0.4, -0.2) is 47.0 Å². The van der Waals surface area contributed by atoms with Gasteiger partial charge in [0.2, 0.25) is 0 Å². The fourth-order valence-electron chi connectivity index (χ4n) is 3.37. The molecule has 3 rings (SSSR count). The van der Waals surface area contributed by atoms with Crippen molar-refractivity contribution >= 4 is 30.0 Å². The van der Waals surface area contributed by atoms with Crippen LogP contribution in [0.25, 0.3) is 0 Å². The van der Waals surface area contributed by atoms with Gasteiger partial charge in [0, 0.05) is 48.8 Å². The topological polar surface area (TPSA) is 86.4 Å². The van der Waals surface area contributed by atoms with E-state index in [4.69, 9.17) is 0 Å². The summed E-state index contributed by atoms with van der Waals surface area (Å²) in [6, 6.07) is 8.93. The van der Waals surface area contributed by atoms with E-state index >= 15 is 0 Å². The minimum atomic E-state index is -0.344. The molecule has 1 unspecified atom stereocenters. The molecule has 0 aliphatic carbocycles. The molecule has 1 aromatic heterocycles. The summed E-state index contributed by atoms with van der Waals surface area (Å²) in [5.41, 5.74) is 2.74. The van der Waals surface area contributed by atoms with Gasteiger partial charge in [0.15, 0.2) is 0 Å². The number of aryl methyl sites for hydroxylation is 1. The second-order valence-corrected chi connectivity index (χ2v) is 8.36. The summed E-state index contributed by atoms with van der Waals surface area (Å²) in [6.45, 7) is 9.70. The Kier molecular flexibility index (Phi) is 7.81. The summed E-state index contributed by atoms with van der Waals surface area (Å²) in [7, 11) is 0. The van der Waals surface area contributed by atoms with Gasteiger partial charge in [-0.15, -0.1) is 12.4 Å². The number of carbonyl (C=O) groups is 2. The van der Waals surface area contributed by atoms with Gasteiger partial charge in [0.25, 0.3) is 5.91 Å². The fraction of sp³-hybridized carbons (Fsp3) is 0.409. The molecule has 1 atom stereocenters. The summed E-state index contributed by atoms with van der Waals surface area (Å²) in [5.74, 6) is -0.0559. The van der Waals surface area contributed by atoms with E-state index in [0.717, 1.165) is 17.7 Å². The first-order valence-corrected chi connectivity index (χ1v) is 9.86. The number of anilines is 1. The van der Waals surface area contributed by atoms with Crippen molar-refractivity contribution < 1.29 is 9.59 Å². The quantitative estimate of drug-likeness (QED) is 0.694. The molecule has 7 nitrogen and oxygen atoms in total. The molecule has 0 radical (unpaired) electrons. The summed E-state index contributed by atoms with van der Waals surface area (Å²) in [4.78, 5) is 31.6. The third kappa shape index (κ3) is 5.93. The van der Waals surface area contributed by atoms with Crippen molar-refractivity contribution in [2.45, 2.75) is 39.3 Å². The molecule has 3 amide bonds. The van der Waals surface area contributed by atoms with Crippen molar-refractivity contribution in [3.8, 4) is 0 Å².